The van der Waals surface area contributed by atoms with Crippen molar-refractivity contribution in [2.24, 2.45) is 44.6 Å². The van der Waals surface area contributed by atoms with Gasteiger partial charge in [0.1, 0.15) is 29.0 Å². The average Bonchev–Trinajstić information content (AvgIpc) is 3.69. The summed E-state index contributed by atoms with van der Waals surface area (Å²) in [7, 11) is 0. The standard InChI is InChI=1S/C40H65N7O3/c1-15-18-19-25(16-2)37(48)44-35-30(38(49)50-32-26(39(9,10)11)20-24(8)21-27(32)40(12,13)14)29(22(4)5)34(42-35)41-31-28(17-3)45-47-36(31)43-33(46-47)23(6)7/h22-27,32,42H,15-21H2,1-14H3,(H,44,48). The van der Waals surface area contributed by atoms with Crippen molar-refractivity contribution in [1.82, 2.24) is 19.9 Å². The van der Waals surface area contributed by atoms with Crippen molar-refractivity contribution >= 4 is 34.9 Å². The second-order valence-corrected chi connectivity index (χ2v) is 17.6. The van der Waals surface area contributed by atoms with Gasteiger partial charge in [0.25, 0.3) is 0 Å². The molecule has 3 heterocycles. The predicted molar refractivity (Wildman–Crippen MR) is 204 cm³/mol. The van der Waals surface area contributed by atoms with Crippen molar-refractivity contribution in [3.63, 3.8) is 0 Å². The van der Waals surface area contributed by atoms with Gasteiger partial charge < -0.3 is 15.0 Å². The number of carbonyl (C=O) groups is 2. The lowest BCUT2D eigenvalue weighted by molar-refractivity contribution is -0.120. The molecule has 1 aliphatic carbocycles. The van der Waals surface area contributed by atoms with Gasteiger partial charge in [0.15, 0.2) is 5.82 Å². The van der Waals surface area contributed by atoms with Crippen LogP contribution >= 0.6 is 0 Å². The molecule has 1 amide bonds. The Balaban J connectivity index is 1.89. The van der Waals surface area contributed by atoms with Gasteiger partial charge in [-0.2, -0.15) is 5.10 Å². The number of unbranched alkanes of at least 4 members (excludes halogenated alkanes) is 1. The summed E-state index contributed by atoms with van der Waals surface area (Å²) in [6.07, 6.45) is 5.82. The van der Waals surface area contributed by atoms with Gasteiger partial charge in [-0.15, -0.1) is 9.89 Å². The Morgan fingerprint density at radius 1 is 1.00 bits per heavy atom. The molecule has 50 heavy (non-hydrogen) atoms. The van der Waals surface area contributed by atoms with Crippen molar-refractivity contribution in [1.29, 1.82) is 0 Å². The first-order valence-electron chi connectivity index (χ1n) is 19.2. The summed E-state index contributed by atoms with van der Waals surface area (Å²) in [4.78, 5) is 43.6. The molecule has 3 atom stereocenters. The van der Waals surface area contributed by atoms with E-state index in [1.807, 2.05) is 41.5 Å². The molecule has 1 saturated carbocycles. The highest BCUT2D eigenvalue weighted by molar-refractivity contribution is 6.49. The van der Waals surface area contributed by atoms with Gasteiger partial charge >= 0.3 is 5.97 Å². The Morgan fingerprint density at radius 2 is 1.62 bits per heavy atom. The fourth-order valence-corrected chi connectivity index (χ4v) is 7.74. The van der Waals surface area contributed by atoms with Crippen LogP contribution in [0, 0.1) is 34.5 Å². The zero-order valence-electron chi connectivity index (χ0n) is 33.5. The number of H-pyrrole nitrogens is 1. The molecule has 2 aromatic rings. The molecule has 10 heteroatoms. The first-order chi connectivity index (χ1) is 23.3. The van der Waals surface area contributed by atoms with Gasteiger partial charge in [0.05, 0.1) is 5.71 Å². The zero-order valence-corrected chi connectivity index (χ0v) is 33.5. The molecule has 2 aromatic heterocycles. The van der Waals surface area contributed by atoms with E-state index >= 15 is 0 Å². The Hall–Kier alpha value is -3.30. The summed E-state index contributed by atoms with van der Waals surface area (Å²) in [6, 6.07) is 0. The van der Waals surface area contributed by atoms with Crippen molar-refractivity contribution in [3.05, 3.63) is 22.8 Å². The highest BCUT2D eigenvalue weighted by Crippen LogP contribution is 2.50. The third-order valence-corrected chi connectivity index (χ3v) is 10.8. The number of hydrogen-bond donors (Lipinski definition) is 2. The van der Waals surface area contributed by atoms with Crippen LogP contribution in [0.5, 0.6) is 0 Å². The minimum absolute atomic E-state index is 0.0624. The maximum absolute atomic E-state index is 14.8. The number of amides is 1. The maximum atomic E-state index is 14.8. The number of aromatic amines is 1. The van der Waals surface area contributed by atoms with Gasteiger partial charge in [-0.3, -0.25) is 4.79 Å². The Bertz CT molecular complexity index is 1560. The number of ether oxygens (including phenoxy) is 1. The summed E-state index contributed by atoms with van der Waals surface area (Å²) in [5, 5.41) is 12.5. The summed E-state index contributed by atoms with van der Waals surface area (Å²) < 4.78 is 6.77. The van der Waals surface area contributed by atoms with Crippen LogP contribution in [-0.2, 0) is 9.53 Å². The molecular formula is C40H65N7O3. The van der Waals surface area contributed by atoms with Crippen LogP contribution < -0.4 is 5.32 Å². The Labute approximate surface area is 301 Å². The van der Waals surface area contributed by atoms with E-state index in [1.54, 1.807) is 4.79 Å². The molecule has 10 nitrogen and oxygen atoms in total. The lowest BCUT2D eigenvalue weighted by Crippen LogP contribution is -2.49. The number of rotatable bonds is 12. The molecule has 0 aromatic carbocycles. The highest BCUT2D eigenvalue weighted by atomic mass is 16.5. The first kappa shape index (κ1) is 39.5. The molecule has 278 valence electrons. The van der Waals surface area contributed by atoms with Crippen LogP contribution in [0.15, 0.2) is 10.1 Å². The second kappa shape index (κ2) is 15.5. The number of fused-ring (bicyclic) bond motifs is 1. The molecule has 2 aliphatic rings. The predicted octanol–water partition coefficient (Wildman–Crippen LogP) is 10.0. The van der Waals surface area contributed by atoms with E-state index < -0.39 is 5.97 Å². The van der Waals surface area contributed by atoms with Crippen LogP contribution in [0.3, 0.4) is 0 Å². The maximum Gasteiger partial charge on any atom is 0.342 e. The lowest BCUT2D eigenvalue weighted by atomic mass is 9.59. The van der Waals surface area contributed by atoms with Crippen molar-refractivity contribution in [3.8, 4) is 0 Å². The molecule has 1 fully saturated rings. The molecule has 1 aliphatic heterocycles. The molecule has 3 unspecified atom stereocenters. The van der Waals surface area contributed by atoms with E-state index in [2.05, 4.69) is 70.8 Å². The quantitative estimate of drug-likeness (QED) is 0.214. The summed E-state index contributed by atoms with van der Waals surface area (Å²) >= 11 is 0. The van der Waals surface area contributed by atoms with Crippen molar-refractivity contribution in [2.75, 3.05) is 5.32 Å². The Kier molecular flexibility index (Phi) is 12.3. The van der Waals surface area contributed by atoms with Gasteiger partial charge in [0, 0.05) is 29.2 Å². The van der Waals surface area contributed by atoms with E-state index in [-0.39, 0.29) is 52.4 Å². The molecule has 2 N–H and O–H groups in total. The van der Waals surface area contributed by atoms with E-state index in [0.29, 0.717) is 58.9 Å². The van der Waals surface area contributed by atoms with Gasteiger partial charge in [-0.1, -0.05) is 110 Å². The number of esters is 1. The largest absolute Gasteiger partial charge is 0.458 e. The number of hydrogen-bond acceptors (Lipinski definition) is 7. The average molecular weight is 692 g/mol. The van der Waals surface area contributed by atoms with Crippen LogP contribution in [0.1, 0.15) is 181 Å². The van der Waals surface area contributed by atoms with Crippen LogP contribution in [-0.4, -0.2) is 49.3 Å². The SMILES string of the molecule is CCCCC(CC)C(=O)Nc1[nH]c(N=C2C(CC)=Nn3nc(C(C)C)nc32)c(C(C)C)c1C(=O)OC1C(C(C)(C)C)CC(C)CC1C(C)(C)C. The lowest BCUT2D eigenvalue weighted by Gasteiger charge is -2.50. The van der Waals surface area contributed by atoms with E-state index in [4.69, 9.17) is 19.8 Å². The topological polar surface area (TPSA) is 127 Å². The number of nitrogens with zero attached hydrogens (tertiary/aromatic N) is 5. The van der Waals surface area contributed by atoms with Gasteiger partial charge in [0.2, 0.25) is 11.7 Å². The number of aliphatic imine (C=N–C) groups is 1. The smallest absolute Gasteiger partial charge is 0.342 e. The fourth-order valence-electron chi connectivity index (χ4n) is 7.74. The van der Waals surface area contributed by atoms with E-state index in [9.17, 15) is 9.59 Å². The van der Waals surface area contributed by atoms with Gasteiger partial charge in [-0.25, -0.2) is 14.8 Å². The molecule has 0 saturated heterocycles. The fraction of sp³-hybridized carbons (Fsp3) is 0.750. The normalized spacial score (nSPS) is 22.6. The van der Waals surface area contributed by atoms with Crippen LogP contribution in [0.25, 0.3) is 0 Å². The third-order valence-electron chi connectivity index (χ3n) is 10.8. The van der Waals surface area contributed by atoms with Crippen molar-refractivity contribution < 1.29 is 14.3 Å². The van der Waals surface area contributed by atoms with Crippen LogP contribution in [0.2, 0.25) is 0 Å². The molecule has 4 rings (SSSR count). The highest BCUT2D eigenvalue weighted by Gasteiger charge is 2.48. The number of nitrogens with one attached hydrogen (secondary N) is 2. The third kappa shape index (κ3) is 8.42. The number of anilines is 1. The number of aromatic nitrogens is 4. The van der Waals surface area contributed by atoms with E-state index in [0.717, 1.165) is 37.8 Å². The number of carbonyl (C=O) groups excluding carboxylic acids is 2. The summed E-state index contributed by atoms with van der Waals surface area (Å²) in [6.45, 7) is 30.2. The molecule has 0 radical (unpaired) electrons. The second-order valence-electron chi connectivity index (χ2n) is 17.6. The monoisotopic (exact) mass is 692 g/mol. The van der Waals surface area contributed by atoms with E-state index in [1.165, 1.54) is 0 Å². The summed E-state index contributed by atoms with van der Waals surface area (Å²) in [5.74, 6) is 2.33. The minimum atomic E-state index is -0.419. The molecular weight excluding hydrogens is 626 g/mol. The molecule has 0 spiro atoms. The van der Waals surface area contributed by atoms with Crippen LogP contribution in [0.4, 0.5) is 11.6 Å². The first-order valence-corrected chi connectivity index (χ1v) is 19.2. The molecule has 0 bridgehead atoms. The summed E-state index contributed by atoms with van der Waals surface area (Å²) in [5.41, 5.74) is 2.32. The van der Waals surface area contributed by atoms with Gasteiger partial charge in [-0.05, 0) is 54.8 Å². The minimum Gasteiger partial charge on any atom is -0.458 e. The Morgan fingerprint density at radius 3 is 2.12 bits per heavy atom. The zero-order chi connectivity index (χ0) is 37.3. The van der Waals surface area contributed by atoms with Crippen molar-refractivity contribution in [2.45, 2.75) is 160 Å².